The molecule has 0 atom stereocenters. The number of aryl methyl sites for hydroxylation is 2. The smallest absolute Gasteiger partial charge is 0.224 e. The number of amides is 1. The first-order chi connectivity index (χ1) is 12.6. The standard InChI is InChI=1S/C18H22N6O2/c1-12-15(13(2)26-23-12)9-17(25)22-11-14-3-7-24(8-4-14)18-16(10-19)20-5-6-21-18/h5-6,14H,3-4,7-9,11H2,1-2H3,(H,22,25). The van der Waals surface area contributed by atoms with Crippen molar-refractivity contribution in [2.24, 2.45) is 5.92 Å². The number of nitrogens with zero attached hydrogens (tertiary/aromatic N) is 5. The molecule has 1 amide bonds. The average molecular weight is 354 g/mol. The summed E-state index contributed by atoms with van der Waals surface area (Å²) in [5, 5.41) is 16.0. The number of anilines is 1. The highest BCUT2D eigenvalue weighted by molar-refractivity contribution is 5.79. The summed E-state index contributed by atoms with van der Waals surface area (Å²) in [6.07, 6.45) is 5.31. The van der Waals surface area contributed by atoms with Crippen LogP contribution in [-0.4, -0.2) is 40.7 Å². The molecule has 0 aliphatic carbocycles. The zero-order valence-electron chi connectivity index (χ0n) is 15.0. The summed E-state index contributed by atoms with van der Waals surface area (Å²) >= 11 is 0. The van der Waals surface area contributed by atoms with Crippen LogP contribution in [0.25, 0.3) is 0 Å². The second-order valence-corrected chi connectivity index (χ2v) is 6.55. The van der Waals surface area contributed by atoms with Gasteiger partial charge in [-0.3, -0.25) is 4.79 Å². The average Bonchev–Trinajstić information content (AvgIpc) is 2.98. The molecule has 1 fully saturated rings. The lowest BCUT2D eigenvalue weighted by Crippen LogP contribution is -2.39. The number of nitrogens with one attached hydrogen (secondary N) is 1. The number of rotatable bonds is 5. The van der Waals surface area contributed by atoms with Gasteiger partial charge in [0, 0.05) is 37.6 Å². The van der Waals surface area contributed by atoms with E-state index in [1.165, 1.54) is 6.20 Å². The Morgan fingerprint density at radius 3 is 2.73 bits per heavy atom. The van der Waals surface area contributed by atoms with Crippen LogP contribution in [0.15, 0.2) is 16.9 Å². The lowest BCUT2D eigenvalue weighted by atomic mass is 9.96. The molecule has 2 aromatic heterocycles. The Kier molecular flexibility index (Phi) is 5.46. The van der Waals surface area contributed by atoms with Crippen LogP contribution in [0.5, 0.6) is 0 Å². The highest BCUT2D eigenvalue weighted by atomic mass is 16.5. The van der Waals surface area contributed by atoms with E-state index in [4.69, 9.17) is 9.78 Å². The van der Waals surface area contributed by atoms with Gasteiger partial charge in [-0.05, 0) is 32.6 Å². The molecule has 3 rings (SSSR count). The number of aromatic nitrogens is 3. The van der Waals surface area contributed by atoms with Gasteiger partial charge in [0.2, 0.25) is 5.91 Å². The molecule has 0 radical (unpaired) electrons. The Balaban J connectivity index is 1.47. The second kappa shape index (κ2) is 7.95. The topological polar surface area (TPSA) is 108 Å². The maximum atomic E-state index is 12.2. The van der Waals surface area contributed by atoms with Gasteiger partial charge < -0.3 is 14.7 Å². The third-order valence-corrected chi connectivity index (χ3v) is 4.81. The highest BCUT2D eigenvalue weighted by Gasteiger charge is 2.23. The predicted octanol–water partition coefficient (Wildman–Crippen LogP) is 1.53. The highest BCUT2D eigenvalue weighted by Crippen LogP contribution is 2.23. The molecule has 8 heteroatoms. The van der Waals surface area contributed by atoms with E-state index in [1.807, 2.05) is 13.8 Å². The molecule has 0 bridgehead atoms. The molecule has 136 valence electrons. The summed E-state index contributed by atoms with van der Waals surface area (Å²) in [6, 6.07) is 2.09. The Labute approximate surface area is 152 Å². The number of hydrogen-bond acceptors (Lipinski definition) is 7. The maximum Gasteiger partial charge on any atom is 0.224 e. The number of hydrogen-bond donors (Lipinski definition) is 1. The van der Waals surface area contributed by atoms with E-state index in [2.05, 4.69) is 31.4 Å². The summed E-state index contributed by atoms with van der Waals surface area (Å²) in [7, 11) is 0. The van der Waals surface area contributed by atoms with Crippen LogP contribution >= 0.6 is 0 Å². The lowest BCUT2D eigenvalue weighted by molar-refractivity contribution is -0.120. The predicted molar refractivity (Wildman–Crippen MR) is 94.4 cm³/mol. The Hall–Kier alpha value is -2.95. The molecule has 8 nitrogen and oxygen atoms in total. The SMILES string of the molecule is Cc1noc(C)c1CC(=O)NCC1CCN(c2nccnc2C#N)CC1. The largest absolute Gasteiger partial charge is 0.361 e. The van der Waals surface area contributed by atoms with Gasteiger partial charge in [-0.2, -0.15) is 5.26 Å². The lowest BCUT2D eigenvalue weighted by Gasteiger charge is -2.32. The van der Waals surface area contributed by atoms with Crippen LogP contribution in [-0.2, 0) is 11.2 Å². The molecular formula is C18H22N6O2. The van der Waals surface area contributed by atoms with Gasteiger partial charge in [0.1, 0.15) is 11.8 Å². The Morgan fingerprint density at radius 1 is 1.35 bits per heavy atom. The van der Waals surface area contributed by atoms with Gasteiger partial charge in [0.05, 0.1) is 12.1 Å². The van der Waals surface area contributed by atoms with Crippen molar-refractivity contribution in [1.29, 1.82) is 5.26 Å². The van der Waals surface area contributed by atoms with E-state index in [-0.39, 0.29) is 5.91 Å². The summed E-state index contributed by atoms with van der Waals surface area (Å²) in [6.45, 7) is 5.92. The summed E-state index contributed by atoms with van der Waals surface area (Å²) < 4.78 is 5.09. The zero-order valence-corrected chi connectivity index (χ0v) is 15.0. The van der Waals surface area contributed by atoms with Crippen LogP contribution < -0.4 is 10.2 Å². The van der Waals surface area contributed by atoms with Gasteiger partial charge in [-0.1, -0.05) is 5.16 Å². The van der Waals surface area contributed by atoms with Crippen LogP contribution in [0.1, 0.15) is 35.6 Å². The molecule has 2 aromatic rings. The van der Waals surface area contributed by atoms with Gasteiger partial charge in [0.25, 0.3) is 0 Å². The summed E-state index contributed by atoms with van der Waals surface area (Å²) in [5.74, 6) is 1.75. The molecule has 0 aromatic carbocycles. The third-order valence-electron chi connectivity index (χ3n) is 4.81. The summed E-state index contributed by atoms with van der Waals surface area (Å²) in [5.41, 5.74) is 1.99. The van der Waals surface area contributed by atoms with Gasteiger partial charge in [-0.15, -0.1) is 0 Å². The third kappa shape index (κ3) is 3.99. The van der Waals surface area contributed by atoms with Crippen LogP contribution in [0, 0.1) is 31.1 Å². The fraction of sp³-hybridized carbons (Fsp3) is 0.500. The molecule has 1 aliphatic heterocycles. The monoisotopic (exact) mass is 354 g/mol. The van der Waals surface area contributed by atoms with Crippen LogP contribution in [0.3, 0.4) is 0 Å². The first-order valence-corrected chi connectivity index (χ1v) is 8.73. The van der Waals surface area contributed by atoms with E-state index in [9.17, 15) is 4.79 Å². The molecule has 1 aliphatic rings. The molecule has 0 spiro atoms. The fourth-order valence-corrected chi connectivity index (χ4v) is 3.23. The number of carbonyl (C=O) groups is 1. The van der Waals surface area contributed by atoms with Crippen molar-refractivity contribution in [3.05, 3.63) is 35.1 Å². The van der Waals surface area contributed by atoms with Crippen molar-refractivity contribution in [1.82, 2.24) is 20.4 Å². The van der Waals surface area contributed by atoms with Crippen molar-refractivity contribution in [2.45, 2.75) is 33.1 Å². The van der Waals surface area contributed by atoms with Gasteiger partial charge in [-0.25, -0.2) is 9.97 Å². The number of carbonyl (C=O) groups excluding carboxylic acids is 1. The summed E-state index contributed by atoms with van der Waals surface area (Å²) in [4.78, 5) is 22.6. The molecule has 1 saturated heterocycles. The number of nitriles is 1. The molecular weight excluding hydrogens is 332 g/mol. The van der Waals surface area contributed by atoms with Crippen molar-refractivity contribution in [3.63, 3.8) is 0 Å². The van der Waals surface area contributed by atoms with E-state index in [0.717, 1.165) is 37.2 Å². The minimum atomic E-state index is -0.0116. The van der Waals surface area contributed by atoms with Crippen molar-refractivity contribution in [2.75, 3.05) is 24.5 Å². The first kappa shape index (κ1) is 17.9. The minimum absolute atomic E-state index is 0.0116. The first-order valence-electron chi connectivity index (χ1n) is 8.73. The van der Waals surface area contributed by atoms with E-state index in [0.29, 0.717) is 36.2 Å². The number of piperidine rings is 1. The van der Waals surface area contributed by atoms with Crippen molar-refractivity contribution >= 4 is 11.7 Å². The van der Waals surface area contributed by atoms with Gasteiger partial charge >= 0.3 is 0 Å². The van der Waals surface area contributed by atoms with E-state index >= 15 is 0 Å². The van der Waals surface area contributed by atoms with Crippen LogP contribution in [0.4, 0.5) is 5.82 Å². The second-order valence-electron chi connectivity index (χ2n) is 6.55. The van der Waals surface area contributed by atoms with Crippen molar-refractivity contribution in [3.8, 4) is 6.07 Å². The van der Waals surface area contributed by atoms with Gasteiger partial charge in [0.15, 0.2) is 11.5 Å². The van der Waals surface area contributed by atoms with Crippen molar-refractivity contribution < 1.29 is 9.32 Å². The minimum Gasteiger partial charge on any atom is -0.361 e. The maximum absolute atomic E-state index is 12.2. The molecule has 26 heavy (non-hydrogen) atoms. The molecule has 0 unspecified atom stereocenters. The molecule has 1 N–H and O–H groups in total. The Morgan fingerprint density at radius 2 is 2.08 bits per heavy atom. The fourth-order valence-electron chi connectivity index (χ4n) is 3.23. The zero-order chi connectivity index (χ0) is 18.5. The van der Waals surface area contributed by atoms with E-state index < -0.39 is 0 Å². The molecule has 0 saturated carbocycles. The van der Waals surface area contributed by atoms with E-state index in [1.54, 1.807) is 6.20 Å². The quantitative estimate of drug-likeness (QED) is 0.867. The molecule has 3 heterocycles. The normalized spacial score (nSPS) is 14.9. The van der Waals surface area contributed by atoms with Crippen LogP contribution in [0.2, 0.25) is 0 Å². The Bertz CT molecular complexity index is 798.